The normalized spacial score (nSPS) is 15.3. The molecule has 0 saturated carbocycles. The number of ether oxygens (including phenoxy) is 1. The van der Waals surface area contributed by atoms with Crippen LogP contribution in [0.1, 0.15) is 5.56 Å². The Morgan fingerprint density at radius 1 is 1.04 bits per heavy atom. The number of hydrogen-bond acceptors (Lipinski definition) is 5. The molecule has 0 amide bonds. The highest BCUT2D eigenvalue weighted by molar-refractivity contribution is 5.58. The van der Waals surface area contributed by atoms with Gasteiger partial charge in [-0.1, -0.05) is 30.3 Å². The molecule has 0 unspecified atom stereocenters. The lowest BCUT2D eigenvalue weighted by Crippen LogP contribution is -2.46. The van der Waals surface area contributed by atoms with E-state index in [4.69, 9.17) is 4.74 Å². The molecule has 0 aliphatic carbocycles. The van der Waals surface area contributed by atoms with Gasteiger partial charge in [-0.15, -0.1) is 0 Å². The number of piperazine rings is 1. The Bertz CT molecular complexity index is 712. The largest absolute Gasteiger partial charge is 0.495 e. The van der Waals surface area contributed by atoms with Crippen LogP contribution in [0.5, 0.6) is 5.75 Å². The Balaban J connectivity index is 1.65. The maximum Gasteiger partial charge on any atom is 0.273 e. The first kappa shape index (κ1) is 16.3. The molecule has 0 bridgehead atoms. The highest BCUT2D eigenvalue weighted by Crippen LogP contribution is 2.29. The van der Waals surface area contributed by atoms with Crippen LogP contribution in [0.25, 0.3) is 0 Å². The monoisotopic (exact) mass is 327 g/mol. The fraction of sp³-hybridized carbons (Fsp3) is 0.333. The van der Waals surface area contributed by atoms with Crippen LogP contribution in [0.4, 0.5) is 11.4 Å². The summed E-state index contributed by atoms with van der Waals surface area (Å²) in [5.74, 6) is 0.879. The van der Waals surface area contributed by atoms with Crippen molar-refractivity contribution in [2.45, 2.75) is 6.54 Å². The molecule has 6 nitrogen and oxygen atoms in total. The minimum atomic E-state index is -0.305. The lowest BCUT2D eigenvalue weighted by atomic mass is 10.1. The van der Waals surface area contributed by atoms with E-state index < -0.39 is 0 Å². The number of nitro benzene ring substituents is 1. The van der Waals surface area contributed by atoms with Crippen LogP contribution in [0.3, 0.4) is 0 Å². The molecular weight excluding hydrogens is 306 g/mol. The molecule has 1 heterocycles. The van der Waals surface area contributed by atoms with Gasteiger partial charge in [0.25, 0.3) is 5.69 Å². The molecule has 1 saturated heterocycles. The van der Waals surface area contributed by atoms with Gasteiger partial charge in [0.2, 0.25) is 0 Å². The number of nitrogens with zero attached hydrogens (tertiary/aromatic N) is 3. The Hall–Kier alpha value is -2.60. The van der Waals surface area contributed by atoms with Crippen LogP contribution in [0.15, 0.2) is 48.5 Å². The summed E-state index contributed by atoms with van der Waals surface area (Å²) in [5, 5.41) is 11.1. The summed E-state index contributed by atoms with van der Waals surface area (Å²) in [6, 6.07) is 15.0. The molecule has 24 heavy (non-hydrogen) atoms. The van der Waals surface area contributed by atoms with E-state index in [1.54, 1.807) is 19.2 Å². The first-order valence-electron chi connectivity index (χ1n) is 8.01. The van der Waals surface area contributed by atoms with Crippen molar-refractivity contribution < 1.29 is 9.66 Å². The van der Waals surface area contributed by atoms with Crippen LogP contribution in [-0.4, -0.2) is 43.1 Å². The van der Waals surface area contributed by atoms with Gasteiger partial charge >= 0.3 is 0 Å². The Labute approximate surface area is 141 Å². The SMILES string of the molecule is COc1ccccc1N1CCN(Cc2ccccc2[N+](=O)[O-])CC1. The number of rotatable bonds is 5. The van der Waals surface area contributed by atoms with Crippen molar-refractivity contribution in [1.29, 1.82) is 0 Å². The van der Waals surface area contributed by atoms with Crippen molar-refractivity contribution in [3.63, 3.8) is 0 Å². The molecule has 2 aromatic carbocycles. The molecule has 1 aliphatic heterocycles. The zero-order valence-electron chi connectivity index (χ0n) is 13.7. The number of anilines is 1. The van der Waals surface area contributed by atoms with Crippen molar-refractivity contribution in [3.05, 3.63) is 64.2 Å². The second kappa shape index (κ2) is 7.31. The van der Waals surface area contributed by atoms with Crippen molar-refractivity contribution in [1.82, 2.24) is 4.90 Å². The van der Waals surface area contributed by atoms with Gasteiger partial charge in [-0.05, 0) is 12.1 Å². The van der Waals surface area contributed by atoms with E-state index >= 15 is 0 Å². The van der Waals surface area contributed by atoms with E-state index in [1.165, 1.54) is 0 Å². The third-order valence-corrected chi connectivity index (χ3v) is 4.38. The van der Waals surface area contributed by atoms with E-state index in [9.17, 15) is 10.1 Å². The predicted molar refractivity (Wildman–Crippen MR) is 93.6 cm³/mol. The van der Waals surface area contributed by atoms with Gasteiger partial charge in [0.1, 0.15) is 5.75 Å². The summed E-state index contributed by atoms with van der Waals surface area (Å²) in [5.41, 5.74) is 2.07. The smallest absolute Gasteiger partial charge is 0.273 e. The van der Waals surface area contributed by atoms with Crippen LogP contribution in [0, 0.1) is 10.1 Å². The van der Waals surface area contributed by atoms with Gasteiger partial charge in [0, 0.05) is 44.4 Å². The molecule has 2 aromatic rings. The highest BCUT2D eigenvalue weighted by Gasteiger charge is 2.22. The number of nitro groups is 1. The van der Waals surface area contributed by atoms with E-state index in [1.807, 2.05) is 30.3 Å². The topological polar surface area (TPSA) is 58.8 Å². The maximum absolute atomic E-state index is 11.1. The van der Waals surface area contributed by atoms with Crippen molar-refractivity contribution in [2.24, 2.45) is 0 Å². The molecular formula is C18H21N3O3. The van der Waals surface area contributed by atoms with Gasteiger partial charge in [-0.3, -0.25) is 15.0 Å². The third kappa shape index (κ3) is 3.49. The van der Waals surface area contributed by atoms with E-state index in [2.05, 4.69) is 15.9 Å². The van der Waals surface area contributed by atoms with Crippen molar-refractivity contribution in [2.75, 3.05) is 38.2 Å². The zero-order valence-corrected chi connectivity index (χ0v) is 13.7. The zero-order chi connectivity index (χ0) is 16.9. The van der Waals surface area contributed by atoms with Gasteiger partial charge in [-0.2, -0.15) is 0 Å². The quantitative estimate of drug-likeness (QED) is 0.624. The van der Waals surface area contributed by atoms with Gasteiger partial charge in [0.15, 0.2) is 0 Å². The van der Waals surface area contributed by atoms with Crippen LogP contribution in [-0.2, 0) is 6.54 Å². The number of benzene rings is 2. The molecule has 6 heteroatoms. The predicted octanol–water partition coefficient (Wildman–Crippen LogP) is 2.93. The van der Waals surface area contributed by atoms with Crippen molar-refractivity contribution in [3.8, 4) is 5.75 Å². The van der Waals surface area contributed by atoms with Crippen LogP contribution < -0.4 is 9.64 Å². The average molecular weight is 327 g/mol. The molecule has 0 spiro atoms. The molecule has 3 rings (SSSR count). The maximum atomic E-state index is 11.1. The molecule has 0 aromatic heterocycles. The summed E-state index contributed by atoms with van der Waals surface area (Å²) < 4.78 is 5.43. The van der Waals surface area contributed by atoms with Crippen LogP contribution >= 0.6 is 0 Å². The molecule has 0 N–H and O–H groups in total. The van der Waals surface area contributed by atoms with Gasteiger partial charge < -0.3 is 9.64 Å². The Morgan fingerprint density at radius 3 is 2.42 bits per heavy atom. The standard InChI is InChI=1S/C18H21N3O3/c1-24-18-9-5-4-8-17(18)20-12-10-19(11-13-20)14-15-6-2-3-7-16(15)21(22)23/h2-9H,10-14H2,1H3. The summed E-state index contributed by atoms with van der Waals surface area (Å²) in [4.78, 5) is 15.4. The molecule has 0 radical (unpaired) electrons. The molecule has 0 atom stereocenters. The van der Waals surface area contributed by atoms with E-state index in [0.717, 1.165) is 43.2 Å². The average Bonchev–Trinajstić information content (AvgIpc) is 2.62. The summed E-state index contributed by atoms with van der Waals surface area (Å²) >= 11 is 0. The number of para-hydroxylation sites is 3. The second-order valence-corrected chi connectivity index (χ2v) is 5.82. The number of methoxy groups -OCH3 is 1. The fourth-order valence-corrected chi connectivity index (χ4v) is 3.10. The lowest BCUT2D eigenvalue weighted by molar-refractivity contribution is -0.385. The second-order valence-electron chi connectivity index (χ2n) is 5.82. The fourth-order valence-electron chi connectivity index (χ4n) is 3.10. The minimum absolute atomic E-state index is 0.199. The van der Waals surface area contributed by atoms with Crippen molar-refractivity contribution >= 4 is 11.4 Å². The van der Waals surface area contributed by atoms with E-state index in [-0.39, 0.29) is 10.6 Å². The third-order valence-electron chi connectivity index (χ3n) is 4.38. The summed E-state index contributed by atoms with van der Waals surface area (Å²) in [7, 11) is 1.68. The highest BCUT2D eigenvalue weighted by atomic mass is 16.6. The molecule has 1 fully saturated rings. The van der Waals surface area contributed by atoms with E-state index in [0.29, 0.717) is 6.54 Å². The van der Waals surface area contributed by atoms with Gasteiger partial charge in [-0.25, -0.2) is 0 Å². The van der Waals surface area contributed by atoms with Gasteiger partial charge in [0.05, 0.1) is 17.7 Å². The first-order valence-corrected chi connectivity index (χ1v) is 8.01. The first-order chi connectivity index (χ1) is 11.7. The summed E-state index contributed by atoms with van der Waals surface area (Å²) in [6.07, 6.45) is 0. The minimum Gasteiger partial charge on any atom is -0.495 e. The number of hydrogen-bond donors (Lipinski definition) is 0. The molecule has 126 valence electrons. The Kier molecular flexibility index (Phi) is 4.96. The van der Waals surface area contributed by atoms with Crippen LogP contribution in [0.2, 0.25) is 0 Å². The molecule has 1 aliphatic rings. The summed E-state index contributed by atoms with van der Waals surface area (Å²) in [6.45, 7) is 4.09. The lowest BCUT2D eigenvalue weighted by Gasteiger charge is -2.36. The Morgan fingerprint density at radius 2 is 1.71 bits per heavy atom.